The van der Waals surface area contributed by atoms with Crippen molar-refractivity contribution in [2.24, 2.45) is 0 Å². The number of rotatable bonds is 1. The molecule has 1 aromatic heterocycles. The maximum absolute atomic E-state index is 11.2. The second-order valence-corrected chi connectivity index (χ2v) is 3.32. The summed E-state index contributed by atoms with van der Waals surface area (Å²) in [4.78, 5) is 15.4. The van der Waals surface area contributed by atoms with E-state index in [2.05, 4.69) is 4.98 Å². The molecule has 2 rings (SSSR count). The van der Waals surface area contributed by atoms with Gasteiger partial charge in [-0.15, -0.1) is 0 Å². The predicted octanol–water partition coefficient (Wildman–Crippen LogP) is 0.119. The normalized spacial score (nSPS) is 20.4. The van der Waals surface area contributed by atoms with Crippen LogP contribution in [0.2, 0.25) is 0 Å². The van der Waals surface area contributed by atoms with Crippen molar-refractivity contribution in [1.29, 1.82) is 0 Å². The Kier molecular flexibility index (Phi) is 2.21. The summed E-state index contributed by atoms with van der Waals surface area (Å²) < 4.78 is 4.96. The Bertz CT molecular complexity index is 376. The number of aliphatic hydroxyl groups excluding tert-OH is 1. The molecule has 4 nitrogen and oxygen atoms in total. The molecular formula is C10H11NO3. The van der Waals surface area contributed by atoms with Gasteiger partial charge in [-0.2, -0.15) is 0 Å². The van der Waals surface area contributed by atoms with E-state index in [1.165, 1.54) is 0 Å². The molecule has 1 heterocycles. The Morgan fingerprint density at radius 3 is 3.07 bits per heavy atom. The minimum absolute atomic E-state index is 0.135. The van der Waals surface area contributed by atoms with Crippen molar-refractivity contribution < 1.29 is 14.6 Å². The van der Waals surface area contributed by atoms with Gasteiger partial charge in [0.05, 0.1) is 12.8 Å². The third kappa shape index (κ3) is 1.48. The topological polar surface area (TPSA) is 59.4 Å². The molecule has 1 atom stereocenters. The minimum Gasteiger partial charge on any atom is -0.481 e. The highest BCUT2D eigenvalue weighted by atomic mass is 16.5. The average molecular weight is 193 g/mol. The summed E-state index contributed by atoms with van der Waals surface area (Å²) in [5, 5.41) is 9.36. The van der Waals surface area contributed by atoms with Gasteiger partial charge in [0.25, 0.3) is 0 Å². The summed E-state index contributed by atoms with van der Waals surface area (Å²) in [7, 11) is 1.54. The first-order valence-corrected chi connectivity index (χ1v) is 4.44. The highest BCUT2D eigenvalue weighted by Gasteiger charge is 2.25. The molecular weight excluding hydrogens is 182 g/mol. The Morgan fingerprint density at radius 1 is 1.57 bits per heavy atom. The molecule has 1 aromatic rings. The summed E-state index contributed by atoms with van der Waals surface area (Å²) in [6, 6.07) is 3.55. The number of aliphatic hydroxyl groups is 1. The number of ketones is 1. The van der Waals surface area contributed by atoms with Crippen LogP contribution in [0.1, 0.15) is 11.3 Å². The van der Waals surface area contributed by atoms with Crippen molar-refractivity contribution >= 4 is 5.78 Å². The van der Waals surface area contributed by atoms with Gasteiger partial charge in [-0.25, -0.2) is 4.98 Å². The number of pyridine rings is 1. The molecule has 0 saturated heterocycles. The number of carbonyl (C=O) groups excluding carboxylic acids is 1. The standard InChI is InChI=1S/C10H11NO3/c1-14-10-3-2-6-4-8(12)9(13)5-7(6)11-10/h2-3,9,13H,4-5H2,1H3. The van der Waals surface area contributed by atoms with E-state index in [1.54, 1.807) is 13.2 Å². The van der Waals surface area contributed by atoms with Crippen LogP contribution in [-0.2, 0) is 17.6 Å². The number of hydrogen-bond donors (Lipinski definition) is 1. The fourth-order valence-corrected chi connectivity index (χ4v) is 1.56. The third-order valence-electron chi connectivity index (χ3n) is 2.38. The molecule has 0 saturated carbocycles. The van der Waals surface area contributed by atoms with Crippen LogP contribution >= 0.6 is 0 Å². The molecule has 0 aliphatic heterocycles. The Morgan fingerprint density at radius 2 is 2.36 bits per heavy atom. The smallest absolute Gasteiger partial charge is 0.213 e. The third-order valence-corrected chi connectivity index (χ3v) is 2.38. The molecule has 0 aromatic carbocycles. The number of aromatic nitrogens is 1. The zero-order valence-electron chi connectivity index (χ0n) is 7.86. The first kappa shape index (κ1) is 9.15. The molecule has 1 N–H and O–H groups in total. The Hall–Kier alpha value is -1.42. The number of methoxy groups -OCH3 is 1. The summed E-state index contributed by atoms with van der Waals surface area (Å²) >= 11 is 0. The molecule has 1 aliphatic carbocycles. The van der Waals surface area contributed by atoms with Crippen molar-refractivity contribution in [2.45, 2.75) is 18.9 Å². The molecule has 74 valence electrons. The van der Waals surface area contributed by atoms with Crippen molar-refractivity contribution in [3.8, 4) is 5.88 Å². The molecule has 0 fully saturated rings. The van der Waals surface area contributed by atoms with Gasteiger partial charge in [0.15, 0.2) is 5.78 Å². The number of carbonyl (C=O) groups is 1. The van der Waals surface area contributed by atoms with Crippen LogP contribution in [0.15, 0.2) is 12.1 Å². The first-order valence-electron chi connectivity index (χ1n) is 4.44. The van der Waals surface area contributed by atoms with Crippen LogP contribution in [0.25, 0.3) is 0 Å². The fraction of sp³-hybridized carbons (Fsp3) is 0.400. The molecule has 0 bridgehead atoms. The Balaban J connectivity index is 2.37. The second-order valence-electron chi connectivity index (χ2n) is 3.32. The summed E-state index contributed by atoms with van der Waals surface area (Å²) in [6.07, 6.45) is -0.333. The molecule has 4 heteroatoms. The van der Waals surface area contributed by atoms with E-state index in [0.717, 1.165) is 11.3 Å². The maximum Gasteiger partial charge on any atom is 0.213 e. The molecule has 1 unspecified atom stereocenters. The quantitative estimate of drug-likeness (QED) is 0.688. The lowest BCUT2D eigenvalue weighted by Crippen LogP contribution is -2.30. The zero-order chi connectivity index (χ0) is 10.1. The van der Waals surface area contributed by atoms with Crippen molar-refractivity contribution in [2.75, 3.05) is 7.11 Å². The number of nitrogens with zero attached hydrogens (tertiary/aromatic N) is 1. The Labute approximate surface area is 81.5 Å². The summed E-state index contributed by atoms with van der Waals surface area (Å²) in [5.41, 5.74) is 1.65. The summed E-state index contributed by atoms with van der Waals surface area (Å²) in [5.74, 6) is 0.384. The lowest BCUT2D eigenvalue weighted by Gasteiger charge is -2.18. The van der Waals surface area contributed by atoms with Crippen LogP contribution in [0.3, 0.4) is 0 Å². The largest absolute Gasteiger partial charge is 0.481 e. The van der Waals surface area contributed by atoms with Crippen LogP contribution in [0.4, 0.5) is 0 Å². The summed E-state index contributed by atoms with van der Waals surface area (Å²) in [6.45, 7) is 0. The first-order chi connectivity index (χ1) is 6.70. The van der Waals surface area contributed by atoms with Crippen molar-refractivity contribution in [3.05, 3.63) is 23.4 Å². The van der Waals surface area contributed by atoms with Gasteiger partial charge in [-0.05, 0) is 5.56 Å². The average Bonchev–Trinajstić information content (AvgIpc) is 2.19. The molecule has 0 spiro atoms. The molecule has 14 heavy (non-hydrogen) atoms. The SMILES string of the molecule is COc1ccc2c(n1)CC(O)C(=O)C2. The predicted molar refractivity (Wildman–Crippen MR) is 49.2 cm³/mol. The van der Waals surface area contributed by atoms with E-state index in [4.69, 9.17) is 4.74 Å². The van der Waals surface area contributed by atoms with Gasteiger partial charge in [0.1, 0.15) is 6.10 Å². The van der Waals surface area contributed by atoms with Crippen molar-refractivity contribution in [3.63, 3.8) is 0 Å². The van der Waals surface area contributed by atoms with Gasteiger partial charge < -0.3 is 9.84 Å². The fourth-order valence-electron chi connectivity index (χ4n) is 1.56. The highest BCUT2D eigenvalue weighted by molar-refractivity contribution is 5.87. The van der Waals surface area contributed by atoms with Crippen molar-refractivity contribution in [1.82, 2.24) is 4.98 Å². The van der Waals surface area contributed by atoms with E-state index in [0.29, 0.717) is 12.3 Å². The number of fused-ring (bicyclic) bond motifs is 1. The van der Waals surface area contributed by atoms with Crippen LogP contribution in [-0.4, -0.2) is 29.1 Å². The zero-order valence-corrected chi connectivity index (χ0v) is 7.86. The lowest BCUT2D eigenvalue weighted by atomic mass is 9.93. The number of Topliss-reactive ketones (excluding diaryl/α,β-unsaturated/α-hetero) is 1. The maximum atomic E-state index is 11.2. The van der Waals surface area contributed by atoms with Crippen LogP contribution < -0.4 is 4.74 Å². The van der Waals surface area contributed by atoms with Gasteiger partial charge >= 0.3 is 0 Å². The van der Waals surface area contributed by atoms with E-state index in [9.17, 15) is 9.90 Å². The molecule has 0 radical (unpaired) electrons. The van der Waals surface area contributed by atoms with E-state index in [1.807, 2.05) is 6.07 Å². The van der Waals surface area contributed by atoms with Gasteiger partial charge in [0.2, 0.25) is 5.88 Å². The monoisotopic (exact) mass is 193 g/mol. The second kappa shape index (κ2) is 3.38. The van der Waals surface area contributed by atoms with E-state index >= 15 is 0 Å². The number of ether oxygens (including phenoxy) is 1. The minimum atomic E-state index is -0.901. The number of hydrogen-bond acceptors (Lipinski definition) is 4. The van der Waals surface area contributed by atoms with E-state index in [-0.39, 0.29) is 12.2 Å². The van der Waals surface area contributed by atoms with Crippen LogP contribution in [0.5, 0.6) is 5.88 Å². The van der Waals surface area contributed by atoms with E-state index < -0.39 is 6.10 Å². The molecule has 0 amide bonds. The molecule has 1 aliphatic rings. The van der Waals surface area contributed by atoms with Gasteiger partial charge in [-0.1, -0.05) is 6.07 Å². The van der Waals surface area contributed by atoms with Gasteiger partial charge in [-0.3, -0.25) is 4.79 Å². The van der Waals surface area contributed by atoms with Crippen LogP contribution in [0, 0.1) is 0 Å². The highest BCUT2D eigenvalue weighted by Crippen LogP contribution is 2.20. The lowest BCUT2D eigenvalue weighted by molar-refractivity contribution is -0.127. The van der Waals surface area contributed by atoms with Gasteiger partial charge in [0, 0.05) is 18.9 Å².